The van der Waals surface area contributed by atoms with E-state index in [1.807, 2.05) is 13.8 Å². The largest absolute Gasteiger partial charge is 0.480 e. The molecule has 5 nitrogen and oxygen atoms in total. The van der Waals surface area contributed by atoms with E-state index in [1.165, 1.54) is 12.1 Å². The molecule has 1 aromatic rings. The first-order chi connectivity index (χ1) is 9.13. The molecule has 1 atom stereocenters. The Hall–Kier alpha value is -1.11. The van der Waals surface area contributed by atoms with Crippen LogP contribution in [0.5, 0.6) is 0 Å². The third-order valence-corrected chi connectivity index (χ3v) is 4.63. The lowest BCUT2D eigenvalue weighted by Crippen LogP contribution is -2.41. The first kappa shape index (κ1) is 16.9. The van der Waals surface area contributed by atoms with Gasteiger partial charge in [0.15, 0.2) is 0 Å². The van der Waals surface area contributed by atoms with Crippen molar-refractivity contribution < 1.29 is 18.3 Å². The van der Waals surface area contributed by atoms with Crippen molar-refractivity contribution in [2.45, 2.75) is 38.1 Å². The Kier molecular flexibility index (Phi) is 5.56. The minimum absolute atomic E-state index is 0.0479. The van der Waals surface area contributed by atoms with Crippen LogP contribution in [0.4, 0.5) is 0 Å². The van der Waals surface area contributed by atoms with Gasteiger partial charge in [0.1, 0.15) is 10.9 Å². The Morgan fingerprint density at radius 1 is 1.40 bits per heavy atom. The summed E-state index contributed by atoms with van der Waals surface area (Å²) in [7, 11) is -3.97. The van der Waals surface area contributed by atoms with E-state index in [0.29, 0.717) is 0 Å². The van der Waals surface area contributed by atoms with E-state index in [1.54, 1.807) is 13.0 Å². The average Bonchev–Trinajstić information content (AvgIpc) is 2.30. The Morgan fingerprint density at radius 3 is 2.50 bits per heavy atom. The summed E-state index contributed by atoms with van der Waals surface area (Å²) < 4.78 is 26.7. The molecule has 0 aromatic heterocycles. The summed E-state index contributed by atoms with van der Waals surface area (Å²) in [6.45, 7) is 5.38. The molecule has 0 aliphatic carbocycles. The molecule has 1 rings (SSSR count). The molecule has 0 fully saturated rings. The summed E-state index contributed by atoms with van der Waals surface area (Å²) in [6.07, 6.45) is 0.206. The smallest absolute Gasteiger partial charge is 0.321 e. The van der Waals surface area contributed by atoms with Gasteiger partial charge in [0.2, 0.25) is 10.0 Å². The van der Waals surface area contributed by atoms with Gasteiger partial charge in [-0.25, -0.2) is 8.42 Å². The van der Waals surface area contributed by atoms with E-state index in [2.05, 4.69) is 4.72 Å². The number of carboxylic acids is 1. The highest BCUT2D eigenvalue weighted by atomic mass is 35.5. The lowest BCUT2D eigenvalue weighted by Gasteiger charge is -2.17. The molecule has 0 saturated carbocycles. The molecule has 112 valence electrons. The van der Waals surface area contributed by atoms with Crippen molar-refractivity contribution in [3.8, 4) is 0 Å². The van der Waals surface area contributed by atoms with Crippen LogP contribution in [0.25, 0.3) is 0 Å². The predicted molar refractivity (Wildman–Crippen MR) is 77.4 cm³/mol. The summed E-state index contributed by atoms with van der Waals surface area (Å²) >= 11 is 5.88. The zero-order valence-corrected chi connectivity index (χ0v) is 13.1. The van der Waals surface area contributed by atoms with E-state index in [-0.39, 0.29) is 22.3 Å². The normalized spacial score (nSPS) is 13.4. The predicted octanol–water partition coefficient (Wildman–Crippen LogP) is 2.43. The van der Waals surface area contributed by atoms with Crippen LogP contribution in [0.3, 0.4) is 0 Å². The van der Waals surface area contributed by atoms with Crippen molar-refractivity contribution in [2.75, 3.05) is 0 Å². The Bertz CT molecular complexity index is 598. The van der Waals surface area contributed by atoms with Gasteiger partial charge in [-0.3, -0.25) is 4.79 Å². The third kappa shape index (κ3) is 4.47. The van der Waals surface area contributed by atoms with Crippen molar-refractivity contribution in [1.82, 2.24) is 4.72 Å². The first-order valence-electron chi connectivity index (χ1n) is 6.14. The average molecular weight is 320 g/mol. The molecule has 1 aromatic carbocycles. The van der Waals surface area contributed by atoms with Crippen LogP contribution in [0.2, 0.25) is 5.02 Å². The van der Waals surface area contributed by atoms with Gasteiger partial charge in [0.05, 0.1) is 5.02 Å². The van der Waals surface area contributed by atoms with Crippen molar-refractivity contribution in [2.24, 2.45) is 5.92 Å². The molecular formula is C13H18ClNO4S. The van der Waals surface area contributed by atoms with E-state index in [9.17, 15) is 13.2 Å². The summed E-state index contributed by atoms with van der Waals surface area (Å²) in [5.41, 5.74) is 0.727. The molecule has 0 aliphatic rings. The number of aliphatic carboxylic acids is 1. The maximum absolute atomic E-state index is 12.2. The second-order valence-electron chi connectivity index (χ2n) is 5.08. The Labute approximate surface area is 124 Å². The van der Waals surface area contributed by atoms with Crippen LogP contribution in [0, 0.1) is 12.8 Å². The van der Waals surface area contributed by atoms with Crippen LogP contribution in [-0.2, 0) is 14.8 Å². The maximum Gasteiger partial charge on any atom is 0.321 e. The van der Waals surface area contributed by atoms with Gasteiger partial charge in [-0.15, -0.1) is 0 Å². The molecule has 2 N–H and O–H groups in total. The van der Waals surface area contributed by atoms with Gasteiger partial charge in [-0.1, -0.05) is 31.5 Å². The lowest BCUT2D eigenvalue weighted by atomic mass is 10.1. The fourth-order valence-electron chi connectivity index (χ4n) is 1.74. The van der Waals surface area contributed by atoms with E-state index in [0.717, 1.165) is 5.56 Å². The Morgan fingerprint density at radius 2 is 2.00 bits per heavy atom. The Balaban J connectivity index is 3.09. The summed E-state index contributed by atoms with van der Waals surface area (Å²) in [5, 5.41) is 9.16. The zero-order valence-electron chi connectivity index (χ0n) is 11.6. The van der Waals surface area contributed by atoms with Crippen LogP contribution in [0.15, 0.2) is 23.1 Å². The number of aryl methyl sites for hydroxylation is 1. The summed E-state index contributed by atoms with van der Waals surface area (Å²) in [4.78, 5) is 11.0. The highest BCUT2D eigenvalue weighted by Crippen LogP contribution is 2.23. The molecule has 0 heterocycles. The van der Waals surface area contributed by atoms with Crippen LogP contribution < -0.4 is 4.72 Å². The molecule has 7 heteroatoms. The minimum Gasteiger partial charge on any atom is -0.480 e. The van der Waals surface area contributed by atoms with Gasteiger partial charge < -0.3 is 5.11 Å². The molecule has 0 aliphatic heterocycles. The topological polar surface area (TPSA) is 83.5 Å². The van der Waals surface area contributed by atoms with Gasteiger partial charge in [0, 0.05) is 0 Å². The highest BCUT2D eigenvalue weighted by molar-refractivity contribution is 7.89. The molecule has 0 radical (unpaired) electrons. The van der Waals surface area contributed by atoms with E-state index in [4.69, 9.17) is 16.7 Å². The van der Waals surface area contributed by atoms with Gasteiger partial charge >= 0.3 is 5.97 Å². The number of nitrogens with one attached hydrogen (secondary N) is 1. The highest BCUT2D eigenvalue weighted by Gasteiger charge is 2.27. The molecule has 0 bridgehead atoms. The monoisotopic (exact) mass is 319 g/mol. The molecule has 1 unspecified atom stereocenters. The zero-order chi connectivity index (χ0) is 15.5. The standard InChI is InChI=1S/C13H18ClNO4S/c1-8(2)6-11(13(16)17)15-20(18,19)12-7-9(3)4-5-10(12)14/h4-5,7-8,11,15H,6H2,1-3H3,(H,16,17). The van der Waals surface area contributed by atoms with Crippen LogP contribution >= 0.6 is 11.6 Å². The SMILES string of the molecule is Cc1ccc(Cl)c(S(=O)(=O)NC(CC(C)C)C(=O)O)c1. The number of hydrogen-bond acceptors (Lipinski definition) is 3. The number of sulfonamides is 1. The van der Waals surface area contributed by atoms with Gasteiger partial charge in [0.25, 0.3) is 0 Å². The van der Waals surface area contributed by atoms with Crippen LogP contribution in [-0.4, -0.2) is 25.5 Å². The van der Waals surface area contributed by atoms with E-state index >= 15 is 0 Å². The van der Waals surface area contributed by atoms with Crippen molar-refractivity contribution >= 4 is 27.6 Å². The second-order valence-corrected chi connectivity index (χ2v) is 7.17. The number of hydrogen-bond donors (Lipinski definition) is 2. The number of carboxylic acid groups (broad SMARTS) is 1. The van der Waals surface area contributed by atoms with Crippen molar-refractivity contribution in [3.05, 3.63) is 28.8 Å². The molecule has 20 heavy (non-hydrogen) atoms. The number of benzene rings is 1. The quantitative estimate of drug-likeness (QED) is 0.843. The van der Waals surface area contributed by atoms with Crippen molar-refractivity contribution in [1.29, 1.82) is 0 Å². The van der Waals surface area contributed by atoms with Crippen LogP contribution in [0.1, 0.15) is 25.8 Å². The molecular weight excluding hydrogens is 302 g/mol. The first-order valence-corrected chi connectivity index (χ1v) is 8.01. The van der Waals surface area contributed by atoms with Gasteiger partial charge in [-0.2, -0.15) is 4.72 Å². The van der Waals surface area contributed by atoms with Crippen molar-refractivity contribution in [3.63, 3.8) is 0 Å². The number of carbonyl (C=O) groups is 1. The summed E-state index contributed by atoms with van der Waals surface area (Å²) in [5.74, 6) is -1.15. The fourth-order valence-corrected chi connectivity index (χ4v) is 3.52. The number of halogens is 1. The van der Waals surface area contributed by atoms with E-state index < -0.39 is 22.0 Å². The fraction of sp³-hybridized carbons (Fsp3) is 0.462. The number of rotatable bonds is 6. The minimum atomic E-state index is -3.97. The van der Waals surface area contributed by atoms with Gasteiger partial charge in [-0.05, 0) is 37.0 Å². The third-order valence-electron chi connectivity index (χ3n) is 2.68. The molecule has 0 spiro atoms. The molecule has 0 saturated heterocycles. The summed E-state index contributed by atoms with van der Waals surface area (Å²) in [6, 6.07) is 3.41. The second kappa shape index (κ2) is 6.56. The molecule has 0 amide bonds. The lowest BCUT2D eigenvalue weighted by molar-refractivity contribution is -0.139. The maximum atomic E-state index is 12.2.